The Bertz CT molecular complexity index is 661. The topological polar surface area (TPSA) is 60.7 Å². The molecule has 0 N–H and O–H groups in total. The molecule has 0 aromatic carbocycles. The smallest absolute Gasteiger partial charge is 0.380 e. The molecule has 1 aliphatic rings. The summed E-state index contributed by atoms with van der Waals surface area (Å²) in [5.41, 5.74) is -4.97. The summed E-state index contributed by atoms with van der Waals surface area (Å²) in [6.07, 6.45) is 3.69. The van der Waals surface area contributed by atoms with Gasteiger partial charge in [-0.1, -0.05) is 0 Å². The highest BCUT2D eigenvalue weighted by molar-refractivity contribution is 9.10. The maximum atomic E-state index is 12.2. The van der Waals surface area contributed by atoms with Crippen LogP contribution in [-0.2, 0) is 20.7 Å². The highest BCUT2D eigenvalue weighted by atomic mass is 79.9. The minimum Gasteiger partial charge on any atom is -0.380 e. The monoisotopic (exact) mass is 358 g/mol. The lowest BCUT2D eigenvalue weighted by Gasteiger charge is -2.11. The molecule has 1 aliphatic heterocycles. The van der Waals surface area contributed by atoms with Crippen molar-refractivity contribution in [3.63, 3.8) is 0 Å². The zero-order valence-electron chi connectivity index (χ0n) is 9.06. The predicted octanol–water partition coefficient (Wildman–Crippen LogP) is 2.39. The van der Waals surface area contributed by atoms with Gasteiger partial charge in [-0.2, -0.15) is 26.7 Å². The molecule has 0 bridgehead atoms. The summed E-state index contributed by atoms with van der Waals surface area (Å²) in [6.45, 7) is 0. The van der Waals surface area contributed by atoms with E-state index < -0.39 is 15.6 Å². The van der Waals surface area contributed by atoms with Crippen molar-refractivity contribution in [1.82, 2.24) is 4.68 Å². The van der Waals surface area contributed by atoms with Gasteiger partial charge in [-0.25, -0.2) is 4.68 Å². The molecule has 0 spiro atoms. The van der Waals surface area contributed by atoms with E-state index in [2.05, 4.69) is 25.2 Å². The number of nitrogens with zero attached hydrogens (tertiary/aromatic N) is 2. The van der Waals surface area contributed by atoms with E-state index in [0.717, 1.165) is 12.3 Å². The van der Waals surface area contributed by atoms with E-state index in [4.69, 9.17) is 0 Å². The molecule has 2 heterocycles. The van der Waals surface area contributed by atoms with E-state index in [1.54, 1.807) is 12.3 Å². The van der Waals surface area contributed by atoms with Gasteiger partial charge in [-0.3, -0.25) is 0 Å². The third-order valence-corrected chi connectivity index (χ3v) is 3.59. The van der Waals surface area contributed by atoms with Crippen molar-refractivity contribution in [2.45, 2.75) is 11.9 Å². The van der Waals surface area contributed by atoms with Crippen LogP contribution in [0.3, 0.4) is 0 Å². The molecule has 0 atom stereocenters. The Morgan fingerprint density at radius 3 is 2.74 bits per heavy atom. The van der Waals surface area contributed by atoms with Gasteiger partial charge in [0.1, 0.15) is 5.76 Å². The fraction of sp³-hybridized carbons (Fsp3) is 0.222. The van der Waals surface area contributed by atoms with Crippen LogP contribution in [0.25, 0.3) is 0 Å². The fourth-order valence-electron chi connectivity index (χ4n) is 1.37. The lowest BCUT2D eigenvalue weighted by atomic mass is 10.2. The molecular weight excluding hydrogens is 353 g/mol. The maximum absolute atomic E-state index is 12.2. The molecule has 0 saturated heterocycles. The molecule has 0 unspecified atom stereocenters. The second kappa shape index (κ2) is 4.67. The van der Waals surface area contributed by atoms with Gasteiger partial charge in [-0.15, -0.1) is 0 Å². The van der Waals surface area contributed by atoms with Gasteiger partial charge in [0.25, 0.3) is 0 Å². The summed E-state index contributed by atoms with van der Waals surface area (Å²) in [6, 6.07) is 1.60. The minimum atomic E-state index is -5.66. The second-order valence-corrected chi connectivity index (χ2v) is 6.01. The number of aromatic nitrogens is 1. The standard InChI is InChI=1S/C9H6BrF3N2O3S/c10-6-3-7-4-8(1-2-14-15(7)5-6)18-19(16,17)9(11,12)13/h1-3,5H,4H2. The lowest BCUT2D eigenvalue weighted by Crippen LogP contribution is -2.25. The molecule has 2 rings (SSSR count). The van der Waals surface area contributed by atoms with E-state index >= 15 is 0 Å². The number of rotatable bonds is 2. The van der Waals surface area contributed by atoms with Crippen LogP contribution in [0.5, 0.6) is 0 Å². The Morgan fingerprint density at radius 2 is 2.11 bits per heavy atom. The van der Waals surface area contributed by atoms with Crippen LogP contribution in [0.2, 0.25) is 0 Å². The Morgan fingerprint density at radius 1 is 1.42 bits per heavy atom. The average Bonchev–Trinajstić information content (AvgIpc) is 2.47. The van der Waals surface area contributed by atoms with Crippen LogP contribution in [0.15, 0.2) is 33.7 Å². The van der Waals surface area contributed by atoms with Gasteiger partial charge in [0.2, 0.25) is 0 Å². The summed E-state index contributed by atoms with van der Waals surface area (Å²) in [5, 5.41) is 3.88. The van der Waals surface area contributed by atoms with Crippen molar-refractivity contribution < 1.29 is 25.8 Å². The molecular formula is C9H6BrF3N2O3S. The average molecular weight is 359 g/mol. The number of hydrogen-bond acceptors (Lipinski definition) is 4. The molecule has 0 aliphatic carbocycles. The predicted molar refractivity (Wildman–Crippen MR) is 63.9 cm³/mol. The van der Waals surface area contributed by atoms with Crippen LogP contribution in [0, 0.1) is 0 Å². The zero-order valence-corrected chi connectivity index (χ0v) is 11.5. The normalized spacial score (nSPS) is 15.7. The molecule has 104 valence electrons. The van der Waals surface area contributed by atoms with Crippen molar-refractivity contribution in [2.75, 3.05) is 0 Å². The Kier molecular flexibility index (Phi) is 3.47. The van der Waals surface area contributed by atoms with Crippen molar-refractivity contribution >= 4 is 32.3 Å². The van der Waals surface area contributed by atoms with Crippen molar-refractivity contribution in [1.29, 1.82) is 0 Å². The van der Waals surface area contributed by atoms with Crippen LogP contribution in [0.1, 0.15) is 5.69 Å². The largest absolute Gasteiger partial charge is 0.534 e. The van der Waals surface area contributed by atoms with Crippen molar-refractivity contribution in [3.8, 4) is 0 Å². The summed E-state index contributed by atoms with van der Waals surface area (Å²) < 4.78 is 64.6. The van der Waals surface area contributed by atoms with Crippen LogP contribution < -0.4 is 0 Å². The van der Waals surface area contributed by atoms with Crippen LogP contribution in [-0.4, -0.2) is 24.8 Å². The van der Waals surface area contributed by atoms with E-state index in [0.29, 0.717) is 10.2 Å². The van der Waals surface area contributed by atoms with E-state index in [-0.39, 0.29) is 12.2 Å². The van der Waals surface area contributed by atoms with Crippen LogP contribution >= 0.6 is 15.9 Å². The minimum absolute atomic E-state index is 0.124. The molecule has 0 saturated carbocycles. The van der Waals surface area contributed by atoms with E-state index in [9.17, 15) is 21.6 Å². The van der Waals surface area contributed by atoms with Gasteiger partial charge in [0.15, 0.2) is 0 Å². The van der Waals surface area contributed by atoms with Crippen LogP contribution in [0.4, 0.5) is 13.2 Å². The van der Waals surface area contributed by atoms with Gasteiger partial charge < -0.3 is 4.18 Å². The Labute approximate surface area is 114 Å². The molecule has 0 amide bonds. The van der Waals surface area contributed by atoms with Gasteiger partial charge >= 0.3 is 15.6 Å². The molecule has 10 heteroatoms. The number of hydrogen-bond donors (Lipinski definition) is 0. The molecule has 1 aromatic heterocycles. The molecule has 5 nitrogen and oxygen atoms in total. The summed E-state index contributed by atoms with van der Waals surface area (Å²) in [7, 11) is -5.66. The zero-order chi connectivity index (χ0) is 14.3. The summed E-state index contributed by atoms with van der Waals surface area (Å²) >= 11 is 3.18. The number of alkyl halides is 3. The number of fused-ring (bicyclic) bond motifs is 1. The highest BCUT2D eigenvalue weighted by Gasteiger charge is 2.48. The number of allylic oxidation sites excluding steroid dienone is 2. The molecule has 0 fully saturated rings. The first-order valence-electron chi connectivity index (χ1n) is 4.80. The summed E-state index contributed by atoms with van der Waals surface area (Å²) in [5.74, 6) is -0.356. The number of halogens is 4. The molecule has 1 aromatic rings. The second-order valence-electron chi connectivity index (χ2n) is 3.55. The SMILES string of the molecule is O=S(=O)(OC1=CC=Nn2cc(Br)cc2C1)C(F)(F)F. The first-order valence-corrected chi connectivity index (χ1v) is 7.00. The lowest BCUT2D eigenvalue weighted by molar-refractivity contribution is -0.0522. The quantitative estimate of drug-likeness (QED) is 0.602. The van der Waals surface area contributed by atoms with Gasteiger partial charge in [0.05, 0.1) is 11.9 Å². The third-order valence-electron chi connectivity index (χ3n) is 2.15. The van der Waals surface area contributed by atoms with Gasteiger partial charge in [0, 0.05) is 17.1 Å². The fourth-order valence-corrected chi connectivity index (χ4v) is 2.32. The van der Waals surface area contributed by atoms with E-state index in [1.165, 1.54) is 4.68 Å². The van der Waals surface area contributed by atoms with Crippen molar-refractivity contribution in [3.05, 3.63) is 34.3 Å². The Balaban J connectivity index is 2.25. The highest BCUT2D eigenvalue weighted by Crippen LogP contribution is 2.28. The van der Waals surface area contributed by atoms with Crippen molar-refractivity contribution in [2.24, 2.45) is 5.10 Å². The molecule has 19 heavy (non-hydrogen) atoms. The van der Waals surface area contributed by atoms with E-state index in [1.807, 2.05) is 0 Å². The Hall–Kier alpha value is -1.29. The first kappa shape index (κ1) is 14.1. The third kappa shape index (κ3) is 3.00. The first-order chi connectivity index (χ1) is 8.69. The molecule has 0 radical (unpaired) electrons. The van der Waals surface area contributed by atoms with Gasteiger partial charge in [-0.05, 0) is 28.1 Å². The summed E-state index contributed by atoms with van der Waals surface area (Å²) in [4.78, 5) is 0. The maximum Gasteiger partial charge on any atom is 0.534 e.